The lowest BCUT2D eigenvalue weighted by atomic mass is 10.0. The molecule has 2 heterocycles. The van der Waals surface area contributed by atoms with Gasteiger partial charge in [-0.15, -0.1) is 0 Å². The lowest BCUT2D eigenvalue weighted by Crippen LogP contribution is -2.40. The molecule has 0 bridgehead atoms. The Morgan fingerprint density at radius 3 is 2.76 bits per heavy atom. The molecule has 0 spiro atoms. The molecule has 1 aromatic carbocycles. The first-order valence-corrected chi connectivity index (χ1v) is 6.96. The first kappa shape index (κ1) is 14.3. The molecule has 0 unspecified atom stereocenters. The number of nitrogens with zero attached hydrogens (tertiary/aromatic N) is 2. The highest BCUT2D eigenvalue weighted by molar-refractivity contribution is 9.10. The molecule has 2 aliphatic heterocycles. The summed E-state index contributed by atoms with van der Waals surface area (Å²) in [7, 11) is 0. The van der Waals surface area contributed by atoms with Gasteiger partial charge in [0, 0.05) is 10.7 Å². The quantitative estimate of drug-likeness (QED) is 0.837. The van der Waals surface area contributed by atoms with Crippen LogP contribution >= 0.6 is 15.9 Å². The fourth-order valence-electron chi connectivity index (χ4n) is 2.41. The largest absolute Gasteiger partial charge is 0.419 e. The first-order valence-electron chi connectivity index (χ1n) is 6.17. The number of aliphatic imine (C=N–C) groups is 1. The summed E-state index contributed by atoms with van der Waals surface area (Å²) in [5.74, 6) is -0.132. The van der Waals surface area contributed by atoms with Gasteiger partial charge in [0.15, 0.2) is 5.66 Å². The van der Waals surface area contributed by atoms with Gasteiger partial charge in [-0.05, 0) is 29.8 Å². The number of benzene rings is 1. The van der Waals surface area contributed by atoms with Crippen molar-refractivity contribution in [3.05, 3.63) is 58.2 Å². The van der Waals surface area contributed by atoms with Crippen molar-refractivity contribution in [2.24, 2.45) is 10.7 Å². The molecule has 0 saturated carbocycles. The predicted octanol–water partition coefficient (Wildman–Crippen LogP) is 3.29. The zero-order valence-corrected chi connectivity index (χ0v) is 12.3. The summed E-state index contributed by atoms with van der Waals surface area (Å²) in [6, 6.07) is 7.13. The molecular formula is C14H11BrF3N3. The first-order chi connectivity index (χ1) is 9.79. The van der Waals surface area contributed by atoms with Gasteiger partial charge in [0.1, 0.15) is 5.84 Å². The number of nitrogens with two attached hydrogens (primary N) is 1. The molecule has 2 N–H and O–H groups in total. The smallest absolute Gasteiger partial charge is 0.329 e. The molecule has 3 nitrogen and oxygen atoms in total. The Labute approximate surface area is 127 Å². The average Bonchev–Trinajstić information content (AvgIpc) is 2.74. The molecule has 0 aliphatic carbocycles. The monoisotopic (exact) mass is 357 g/mol. The Morgan fingerprint density at radius 2 is 2.10 bits per heavy atom. The van der Waals surface area contributed by atoms with Gasteiger partial charge in [0.05, 0.1) is 12.1 Å². The molecule has 3 rings (SSSR count). The van der Waals surface area contributed by atoms with Crippen LogP contribution in [0.2, 0.25) is 0 Å². The zero-order valence-electron chi connectivity index (χ0n) is 10.7. The van der Waals surface area contributed by atoms with Crippen LogP contribution in [0.1, 0.15) is 5.56 Å². The van der Waals surface area contributed by atoms with Gasteiger partial charge in [-0.1, -0.05) is 28.1 Å². The molecule has 7 heteroatoms. The number of alkyl halides is 3. The molecule has 1 aromatic rings. The Bertz CT molecular complexity index is 678. The minimum Gasteiger partial charge on any atom is -0.329 e. The minimum absolute atomic E-state index is 0.132. The summed E-state index contributed by atoms with van der Waals surface area (Å²) >= 11 is 3.33. The molecule has 0 radical (unpaired) electrons. The van der Waals surface area contributed by atoms with E-state index in [0.717, 1.165) is 10.5 Å². The fraction of sp³-hybridized carbons (Fsp3) is 0.214. The summed E-state index contributed by atoms with van der Waals surface area (Å²) in [5, 5.41) is 0. The van der Waals surface area contributed by atoms with Crippen molar-refractivity contribution in [2.45, 2.75) is 11.8 Å². The van der Waals surface area contributed by atoms with Crippen molar-refractivity contribution in [3.63, 3.8) is 0 Å². The van der Waals surface area contributed by atoms with Crippen molar-refractivity contribution in [2.75, 3.05) is 6.54 Å². The number of hydrogen-bond acceptors (Lipinski definition) is 3. The molecule has 21 heavy (non-hydrogen) atoms. The number of rotatable bonds is 1. The minimum atomic E-state index is -4.45. The molecule has 0 aromatic heterocycles. The Morgan fingerprint density at radius 1 is 1.33 bits per heavy atom. The van der Waals surface area contributed by atoms with Crippen LogP contribution in [0.4, 0.5) is 13.2 Å². The van der Waals surface area contributed by atoms with Crippen molar-refractivity contribution in [1.29, 1.82) is 0 Å². The Hall–Kier alpha value is -1.60. The summed E-state index contributed by atoms with van der Waals surface area (Å²) in [6.45, 7) is 0.169. The van der Waals surface area contributed by atoms with E-state index >= 15 is 0 Å². The van der Waals surface area contributed by atoms with E-state index in [1.807, 2.05) is 6.07 Å². The maximum absolute atomic E-state index is 13.0. The molecule has 0 saturated heterocycles. The molecule has 1 atom stereocenters. The van der Waals surface area contributed by atoms with E-state index in [1.165, 1.54) is 11.0 Å². The Balaban J connectivity index is 2.05. The molecular weight excluding hydrogens is 347 g/mol. The highest BCUT2D eigenvalue weighted by atomic mass is 79.9. The van der Waals surface area contributed by atoms with Gasteiger partial charge in [0.2, 0.25) is 0 Å². The van der Waals surface area contributed by atoms with Gasteiger partial charge < -0.3 is 10.6 Å². The second kappa shape index (κ2) is 4.71. The summed E-state index contributed by atoms with van der Waals surface area (Å²) in [4.78, 5) is 5.60. The van der Waals surface area contributed by atoms with Crippen molar-refractivity contribution in [1.82, 2.24) is 4.90 Å². The maximum Gasteiger partial charge on any atom is 0.419 e. The third kappa shape index (κ3) is 2.51. The second-order valence-corrected chi connectivity index (χ2v) is 5.83. The molecule has 110 valence electrons. The summed E-state index contributed by atoms with van der Waals surface area (Å²) in [5.41, 5.74) is 4.93. The topological polar surface area (TPSA) is 41.6 Å². The van der Waals surface area contributed by atoms with E-state index in [1.54, 1.807) is 24.4 Å². The van der Waals surface area contributed by atoms with Crippen molar-refractivity contribution < 1.29 is 13.2 Å². The van der Waals surface area contributed by atoms with Gasteiger partial charge in [-0.2, -0.15) is 13.2 Å². The van der Waals surface area contributed by atoms with E-state index in [0.29, 0.717) is 5.56 Å². The molecule has 0 fully saturated rings. The van der Waals surface area contributed by atoms with Gasteiger partial charge in [-0.3, -0.25) is 0 Å². The maximum atomic E-state index is 13.0. The number of allylic oxidation sites excluding steroid dienone is 2. The lowest BCUT2D eigenvalue weighted by Gasteiger charge is -2.24. The van der Waals surface area contributed by atoms with Crippen LogP contribution in [0, 0.1) is 0 Å². The van der Waals surface area contributed by atoms with E-state index in [-0.39, 0.29) is 12.4 Å². The summed E-state index contributed by atoms with van der Waals surface area (Å²) < 4.78 is 39.9. The second-order valence-electron chi connectivity index (χ2n) is 4.92. The number of hydrogen-bond donors (Lipinski definition) is 1. The van der Waals surface area contributed by atoms with Crippen LogP contribution in [0.15, 0.2) is 57.7 Å². The number of halogens is 4. The highest BCUT2D eigenvalue weighted by Crippen LogP contribution is 2.37. The third-order valence-electron chi connectivity index (χ3n) is 3.39. The van der Waals surface area contributed by atoms with Gasteiger partial charge in [0.25, 0.3) is 0 Å². The fourth-order valence-corrected chi connectivity index (χ4v) is 2.81. The van der Waals surface area contributed by atoms with Crippen LogP contribution < -0.4 is 5.73 Å². The predicted molar refractivity (Wildman–Crippen MR) is 77.4 cm³/mol. The van der Waals surface area contributed by atoms with E-state index in [2.05, 4.69) is 20.9 Å². The van der Waals surface area contributed by atoms with E-state index < -0.39 is 17.4 Å². The Kier molecular flexibility index (Phi) is 3.22. The van der Waals surface area contributed by atoms with E-state index in [9.17, 15) is 13.2 Å². The standard InChI is InChI=1S/C14H11BrF3N3/c15-10-4-1-3-9(7-10)13(19)8-21-6-2-5-11(12(21)20-13)14(16,17)18/h1-7H,8,19H2/t13-/m0/s1. The molecule has 2 aliphatic rings. The van der Waals surface area contributed by atoms with Crippen molar-refractivity contribution in [3.8, 4) is 0 Å². The average molecular weight is 358 g/mol. The number of fused-ring (bicyclic) bond motifs is 1. The molecule has 0 amide bonds. The highest BCUT2D eigenvalue weighted by Gasteiger charge is 2.46. The van der Waals surface area contributed by atoms with Crippen LogP contribution in [0.5, 0.6) is 0 Å². The van der Waals surface area contributed by atoms with Gasteiger partial charge in [-0.25, -0.2) is 4.99 Å². The van der Waals surface area contributed by atoms with Crippen LogP contribution in [-0.2, 0) is 5.66 Å². The zero-order chi connectivity index (χ0) is 15.3. The van der Waals surface area contributed by atoms with Crippen LogP contribution in [0.3, 0.4) is 0 Å². The van der Waals surface area contributed by atoms with Crippen LogP contribution in [-0.4, -0.2) is 23.5 Å². The summed E-state index contributed by atoms with van der Waals surface area (Å²) in [6.07, 6.45) is -0.526. The lowest BCUT2D eigenvalue weighted by molar-refractivity contribution is -0.0868. The van der Waals surface area contributed by atoms with Crippen molar-refractivity contribution >= 4 is 21.8 Å². The van der Waals surface area contributed by atoms with E-state index in [4.69, 9.17) is 5.73 Å². The van der Waals surface area contributed by atoms with Crippen LogP contribution in [0.25, 0.3) is 0 Å². The number of amidine groups is 1. The third-order valence-corrected chi connectivity index (χ3v) is 3.88. The normalized spacial score (nSPS) is 24.7. The SMILES string of the molecule is N[C@@]1(c2cccc(Br)c2)CN2C=CC=C(C(F)(F)F)C2=N1. The van der Waals surface area contributed by atoms with Gasteiger partial charge >= 0.3 is 6.18 Å².